The van der Waals surface area contributed by atoms with E-state index in [-0.39, 0.29) is 5.92 Å². The Hall–Kier alpha value is -0.930. The highest BCUT2D eigenvalue weighted by Gasteiger charge is 2.25. The van der Waals surface area contributed by atoms with Crippen LogP contribution in [0.1, 0.15) is 23.7 Å². The van der Waals surface area contributed by atoms with E-state index in [1.54, 1.807) is 0 Å². The van der Waals surface area contributed by atoms with Crippen LogP contribution in [-0.2, 0) is 6.54 Å². The van der Waals surface area contributed by atoms with Gasteiger partial charge in [-0.05, 0) is 24.1 Å². The van der Waals surface area contributed by atoms with E-state index in [1.165, 1.54) is 0 Å². The van der Waals surface area contributed by atoms with E-state index in [1.807, 2.05) is 24.3 Å². The molecule has 3 N–H and O–H groups in total. The molecule has 0 saturated carbocycles. The minimum absolute atomic E-state index is 0.133. The molecule has 1 heterocycles. The molecule has 1 aromatic rings. The zero-order valence-electron chi connectivity index (χ0n) is 8.75. The zero-order valence-corrected chi connectivity index (χ0v) is 8.75. The second kappa shape index (κ2) is 4.73. The van der Waals surface area contributed by atoms with Crippen molar-refractivity contribution >= 4 is 0 Å². The second-order valence-corrected chi connectivity index (χ2v) is 4.10. The third-order valence-electron chi connectivity index (χ3n) is 3.05. The Kier molecular flexibility index (Phi) is 3.34. The molecule has 0 aromatic heterocycles. The molecule has 1 saturated heterocycles. The Morgan fingerprint density at radius 2 is 2.13 bits per heavy atom. The van der Waals surface area contributed by atoms with Gasteiger partial charge in [-0.25, -0.2) is 4.39 Å². The van der Waals surface area contributed by atoms with Crippen LogP contribution in [0.3, 0.4) is 0 Å². The van der Waals surface area contributed by atoms with Gasteiger partial charge in [-0.15, -0.1) is 0 Å². The van der Waals surface area contributed by atoms with Crippen molar-refractivity contribution < 1.29 is 4.39 Å². The molecule has 0 amide bonds. The van der Waals surface area contributed by atoms with Crippen molar-refractivity contribution in [3.05, 3.63) is 35.4 Å². The molecule has 82 valence electrons. The van der Waals surface area contributed by atoms with E-state index in [4.69, 9.17) is 5.73 Å². The van der Waals surface area contributed by atoms with Gasteiger partial charge < -0.3 is 11.1 Å². The van der Waals surface area contributed by atoms with Crippen molar-refractivity contribution in [1.82, 2.24) is 5.32 Å². The van der Waals surface area contributed by atoms with Crippen LogP contribution >= 0.6 is 0 Å². The number of benzene rings is 1. The van der Waals surface area contributed by atoms with Crippen LogP contribution in [-0.4, -0.2) is 13.1 Å². The van der Waals surface area contributed by atoms with Crippen molar-refractivity contribution in [2.75, 3.05) is 13.1 Å². The molecule has 0 radical (unpaired) electrons. The van der Waals surface area contributed by atoms with Crippen LogP contribution < -0.4 is 11.1 Å². The zero-order chi connectivity index (χ0) is 10.7. The smallest absolute Gasteiger partial charge is 0.129 e. The maximum absolute atomic E-state index is 14.0. The highest BCUT2D eigenvalue weighted by Crippen LogP contribution is 2.30. The van der Waals surface area contributed by atoms with Crippen LogP contribution in [0.5, 0.6) is 0 Å². The first kappa shape index (κ1) is 10.6. The first-order valence-corrected chi connectivity index (χ1v) is 5.45. The predicted octanol–water partition coefficient (Wildman–Crippen LogP) is 1.77. The van der Waals surface area contributed by atoms with E-state index in [2.05, 4.69) is 5.32 Å². The molecule has 3 heteroatoms. The maximum Gasteiger partial charge on any atom is 0.129 e. The van der Waals surface area contributed by atoms with Gasteiger partial charge in [-0.2, -0.15) is 0 Å². The lowest BCUT2D eigenvalue weighted by molar-refractivity contribution is 0.246. The molecule has 15 heavy (non-hydrogen) atoms. The van der Waals surface area contributed by atoms with Crippen molar-refractivity contribution in [3.63, 3.8) is 0 Å². The fourth-order valence-electron chi connectivity index (χ4n) is 2.04. The van der Waals surface area contributed by atoms with E-state index >= 15 is 0 Å². The van der Waals surface area contributed by atoms with Gasteiger partial charge in [-0.3, -0.25) is 0 Å². The minimum atomic E-state index is -0.841. The number of rotatable bonds is 3. The first-order valence-electron chi connectivity index (χ1n) is 5.45. The Labute approximate surface area is 89.7 Å². The second-order valence-electron chi connectivity index (χ2n) is 4.10. The largest absolute Gasteiger partial charge is 0.326 e. The maximum atomic E-state index is 14.0. The van der Waals surface area contributed by atoms with Gasteiger partial charge in [-0.1, -0.05) is 24.3 Å². The van der Waals surface area contributed by atoms with Crippen LogP contribution in [0, 0.1) is 5.92 Å². The molecule has 1 aliphatic heterocycles. The topological polar surface area (TPSA) is 38.0 Å². The van der Waals surface area contributed by atoms with E-state index in [0.29, 0.717) is 6.54 Å². The molecule has 0 spiro atoms. The summed E-state index contributed by atoms with van der Waals surface area (Å²) in [6.45, 7) is 2.24. The average molecular weight is 208 g/mol. The van der Waals surface area contributed by atoms with Gasteiger partial charge in [0.25, 0.3) is 0 Å². The Morgan fingerprint density at radius 3 is 2.67 bits per heavy atom. The van der Waals surface area contributed by atoms with Crippen LogP contribution in [0.4, 0.5) is 4.39 Å². The lowest BCUT2D eigenvalue weighted by Gasteiger charge is -2.15. The third kappa shape index (κ3) is 2.36. The van der Waals surface area contributed by atoms with Crippen molar-refractivity contribution in [2.24, 2.45) is 11.7 Å². The molecule has 2 atom stereocenters. The molecule has 1 aliphatic rings. The van der Waals surface area contributed by atoms with Crippen molar-refractivity contribution in [3.8, 4) is 0 Å². The lowest BCUT2D eigenvalue weighted by Crippen LogP contribution is -2.13. The average Bonchev–Trinajstić information content (AvgIpc) is 2.82. The van der Waals surface area contributed by atoms with E-state index < -0.39 is 6.17 Å². The summed E-state index contributed by atoms with van der Waals surface area (Å²) in [6, 6.07) is 7.52. The van der Waals surface area contributed by atoms with Crippen LogP contribution in [0.2, 0.25) is 0 Å². The summed E-state index contributed by atoms with van der Waals surface area (Å²) in [7, 11) is 0. The number of nitrogens with two attached hydrogens (primary N) is 1. The molecule has 2 nitrogen and oxygen atoms in total. The lowest BCUT2D eigenvalue weighted by atomic mass is 9.96. The molecule has 2 rings (SSSR count). The number of nitrogens with one attached hydrogen (secondary N) is 1. The molecule has 0 aliphatic carbocycles. The Balaban J connectivity index is 2.07. The summed E-state index contributed by atoms with van der Waals surface area (Å²) in [5.74, 6) is 0.133. The predicted molar refractivity (Wildman–Crippen MR) is 59.2 cm³/mol. The number of hydrogen-bond acceptors (Lipinski definition) is 2. The molecular formula is C12H17FN2. The fourth-order valence-corrected chi connectivity index (χ4v) is 2.04. The SMILES string of the molecule is NCc1ccc(C(F)C2CCNC2)cc1. The monoisotopic (exact) mass is 208 g/mol. The van der Waals surface area contributed by atoms with Gasteiger partial charge in [0.1, 0.15) is 6.17 Å². The van der Waals surface area contributed by atoms with E-state index in [0.717, 1.165) is 30.6 Å². The normalized spacial score (nSPS) is 22.9. The quantitative estimate of drug-likeness (QED) is 0.794. The Bertz CT molecular complexity index is 304. The number of halogens is 1. The van der Waals surface area contributed by atoms with Crippen LogP contribution in [0.25, 0.3) is 0 Å². The standard InChI is InChI=1S/C12H17FN2/c13-12(11-5-6-15-8-11)10-3-1-9(7-14)2-4-10/h1-4,11-12,15H,5-8,14H2. The van der Waals surface area contributed by atoms with Crippen LogP contribution in [0.15, 0.2) is 24.3 Å². The van der Waals surface area contributed by atoms with Gasteiger partial charge in [0.15, 0.2) is 0 Å². The third-order valence-corrected chi connectivity index (χ3v) is 3.05. The van der Waals surface area contributed by atoms with Gasteiger partial charge in [0.2, 0.25) is 0 Å². The summed E-state index contributed by atoms with van der Waals surface area (Å²) < 4.78 is 14.0. The van der Waals surface area contributed by atoms with Gasteiger partial charge in [0.05, 0.1) is 0 Å². The highest BCUT2D eigenvalue weighted by atomic mass is 19.1. The summed E-state index contributed by atoms with van der Waals surface area (Å²) >= 11 is 0. The highest BCUT2D eigenvalue weighted by molar-refractivity contribution is 5.24. The van der Waals surface area contributed by atoms with Gasteiger partial charge in [0, 0.05) is 19.0 Å². The number of hydrogen-bond donors (Lipinski definition) is 2. The summed E-state index contributed by atoms with van der Waals surface area (Å²) in [6.07, 6.45) is 0.0895. The number of alkyl halides is 1. The summed E-state index contributed by atoms with van der Waals surface area (Å²) in [4.78, 5) is 0. The van der Waals surface area contributed by atoms with Crippen molar-refractivity contribution in [1.29, 1.82) is 0 Å². The summed E-state index contributed by atoms with van der Waals surface area (Å²) in [5.41, 5.74) is 7.32. The van der Waals surface area contributed by atoms with E-state index in [9.17, 15) is 4.39 Å². The molecular weight excluding hydrogens is 191 g/mol. The molecule has 1 fully saturated rings. The Morgan fingerprint density at radius 1 is 1.40 bits per heavy atom. The summed E-state index contributed by atoms with van der Waals surface area (Å²) in [5, 5.41) is 3.19. The first-order chi connectivity index (χ1) is 7.31. The minimum Gasteiger partial charge on any atom is -0.326 e. The van der Waals surface area contributed by atoms with Gasteiger partial charge >= 0.3 is 0 Å². The fraction of sp³-hybridized carbons (Fsp3) is 0.500. The van der Waals surface area contributed by atoms with Crippen molar-refractivity contribution in [2.45, 2.75) is 19.1 Å². The molecule has 1 aromatic carbocycles. The molecule has 2 unspecified atom stereocenters. The molecule has 0 bridgehead atoms.